The molecular formula is C20H21N3O3. The smallest absolute Gasteiger partial charge is 0.250 e. The van der Waals surface area contributed by atoms with Crippen molar-refractivity contribution in [3.05, 3.63) is 59.2 Å². The van der Waals surface area contributed by atoms with Crippen LogP contribution in [0.5, 0.6) is 0 Å². The van der Waals surface area contributed by atoms with Gasteiger partial charge in [0.05, 0.1) is 17.2 Å². The number of carbonyl (C=O) groups is 3. The van der Waals surface area contributed by atoms with Crippen LogP contribution in [0.1, 0.15) is 27.9 Å². The lowest BCUT2D eigenvalue weighted by Crippen LogP contribution is -2.29. The van der Waals surface area contributed by atoms with Crippen LogP contribution in [-0.2, 0) is 9.59 Å². The molecule has 1 aliphatic rings. The second-order valence-electron chi connectivity index (χ2n) is 6.59. The van der Waals surface area contributed by atoms with Crippen LogP contribution in [0.15, 0.2) is 42.5 Å². The van der Waals surface area contributed by atoms with Gasteiger partial charge < -0.3 is 16.0 Å². The van der Waals surface area contributed by atoms with E-state index in [0.29, 0.717) is 12.2 Å². The van der Waals surface area contributed by atoms with Crippen LogP contribution >= 0.6 is 0 Å². The summed E-state index contributed by atoms with van der Waals surface area (Å²) in [7, 11) is 0. The van der Waals surface area contributed by atoms with Gasteiger partial charge in [0.1, 0.15) is 0 Å². The summed E-state index contributed by atoms with van der Waals surface area (Å²) in [4.78, 5) is 38.2. The van der Waals surface area contributed by atoms with E-state index in [9.17, 15) is 14.4 Å². The zero-order chi connectivity index (χ0) is 18.8. The van der Waals surface area contributed by atoms with Gasteiger partial charge in [0.15, 0.2) is 0 Å². The second kappa shape index (κ2) is 7.00. The fourth-order valence-electron chi connectivity index (χ4n) is 3.27. The lowest BCUT2D eigenvalue weighted by Gasteiger charge is -2.19. The summed E-state index contributed by atoms with van der Waals surface area (Å²) in [5.74, 6) is -1.47. The Kier molecular flexibility index (Phi) is 4.75. The Hall–Kier alpha value is -3.15. The molecule has 134 valence electrons. The molecule has 2 aromatic rings. The maximum absolute atomic E-state index is 12.6. The molecule has 1 unspecified atom stereocenters. The maximum Gasteiger partial charge on any atom is 0.250 e. The molecule has 3 N–H and O–H groups in total. The topological polar surface area (TPSA) is 92.5 Å². The number of nitrogens with one attached hydrogen (secondary N) is 1. The van der Waals surface area contributed by atoms with Gasteiger partial charge in [-0.3, -0.25) is 14.4 Å². The number of benzene rings is 2. The van der Waals surface area contributed by atoms with E-state index in [0.717, 1.165) is 16.8 Å². The molecule has 0 radical (unpaired) electrons. The minimum atomic E-state index is -0.611. The third-order valence-corrected chi connectivity index (χ3v) is 4.59. The summed E-state index contributed by atoms with van der Waals surface area (Å²) < 4.78 is 0. The van der Waals surface area contributed by atoms with Crippen molar-refractivity contribution in [2.45, 2.75) is 20.3 Å². The van der Waals surface area contributed by atoms with Gasteiger partial charge in [-0.1, -0.05) is 29.8 Å². The van der Waals surface area contributed by atoms with Crippen molar-refractivity contribution in [3.8, 4) is 0 Å². The van der Waals surface area contributed by atoms with Crippen molar-refractivity contribution < 1.29 is 14.4 Å². The molecule has 1 saturated heterocycles. The zero-order valence-electron chi connectivity index (χ0n) is 14.8. The fraction of sp³-hybridized carbons (Fsp3) is 0.250. The average Bonchev–Trinajstić information content (AvgIpc) is 2.97. The molecule has 0 aliphatic carbocycles. The van der Waals surface area contributed by atoms with Crippen LogP contribution < -0.4 is 16.0 Å². The predicted molar refractivity (Wildman–Crippen MR) is 100.0 cm³/mol. The number of carbonyl (C=O) groups excluding carboxylic acids is 3. The summed E-state index contributed by atoms with van der Waals surface area (Å²) in [6.07, 6.45) is 0.137. The van der Waals surface area contributed by atoms with E-state index in [1.165, 1.54) is 0 Å². The first kappa shape index (κ1) is 17.7. The predicted octanol–water partition coefficient (Wildman–Crippen LogP) is 2.39. The van der Waals surface area contributed by atoms with Gasteiger partial charge in [-0.15, -0.1) is 0 Å². The molecule has 1 atom stereocenters. The van der Waals surface area contributed by atoms with Gasteiger partial charge in [-0.2, -0.15) is 0 Å². The molecule has 0 spiro atoms. The third kappa shape index (κ3) is 3.44. The molecule has 1 aliphatic heterocycles. The number of aryl methyl sites for hydroxylation is 2. The summed E-state index contributed by atoms with van der Waals surface area (Å²) in [5.41, 5.74) is 8.90. The first-order chi connectivity index (χ1) is 12.4. The Bertz CT molecular complexity index is 892. The number of hydrogen-bond donors (Lipinski definition) is 2. The van der Waals surface area contributed by atoms with Crippen LogP contribution in [0.25, 0.3) is 0 Å². The van der Waals surface area contributed by atoms with Gasteiger partial charge in [-0.05, 0) is 37.6 Å². The van der Waals surface area contributed by atoms with Crippen molar-refractivity contribution in [2.24, 2.45) is 11.7 Å². The molecule has 26 heavy (non-hydrogen) atoms. The van der Waals surface area contributed by atoms with Crippen LogP contribution in [0.2, 0.25) is 0 Å². The lowest BCUT2D eigenvalue weighted by molar-refractivity contribution is -0.122. The molecule has 2 aromatic carbocycles. The Labute approximate surface area is 152 Å². The van der Waals surface area contributed by atoms with E-state index >= 15 is 0 Å². The fourth-order valence-corrected chi connectivity index (χ4v) is 3.27. The zero-order valence-corrected chi connectivity index (χ0v) is 14.8. The molecule has 6 heteroatoms. The van der Waals surface area contributed by atoms with Gasteiger partial charge in [-0.25, -0.2) is 0 Å². The number of anilines is 2. The number of nitrogens with two attached hydrogens (primary N) is 1. The lowest BCUT2D eigenvalue weighted by atomic mass is 10.1. The standard InChI is InChI=1S/C20H21N3O3/c1-12-7-8-17(13(2)9-12)23-11-14(10-18(23)24)20(26)22-16-6-4-3-5-15(16)19(21)25/h3-9,14H,10-11H2,1-2H3,(H2,21,25)(H,22,26). The molecule has 3 amide bonds. The monoisotopic (exact) mass is 351 g/mol. The Morgan fingerprint density at radius 2 is 1.88 bits per heavy atom. The quantitative estimate of drug-likeness (QED) is 0.886. The number of amides is 3. The van der Waals surface area contributed by atoms with Crippen molar-refractivity contribution in [1.82, 2.24) is 0 Å². The summed E-state index contributed by atoms with van der Waals surface area (Å²) in [5, 5.41) is 2.73. The van der Waals surface area contributed by atoms with E-state index in [1.807, 2.05) is 32.0 Å². The molecule has 1 fully saturated rings. The summed E-state index contributed by atoms with van der Waals surface area (Å²) >= 11 is 0. The summed E-state index contributed by atoms with van der Waals surface area (Å²) in [6, 6.07) is 12.4. The van der Waals surface area contributed by atoms with Crippen molar-refractivity contribution >= 4 is 29.1 Å². The van der Waals surface area contributed by atoms with E-state index < -0.39 is 11.8 Å². The van der Waals surface area contributed by atoms with E-state index in [4.69, 9.17) is 5.73 Å². The average molecular weight is 351 g/mol. The highest BCUT2D eigenvalue weighted by molar-refractivity contribution is 6.07. The minimum Gasteiger partial charge on any atom is -0.366 e. The maximum atomic E-state index is 12.6. The molecule has 1 heterocycles. The third-order valence-electron chi connectivity index (χ3n) is 4.59. The Morgan fingerprint density at radius 1 is 1.15 bits per heavy atom. The van der Waals surface area contributed by atoms with Gasteiger partial charge >= 0.3 is 0 Å². The van der Waals surface area contributed by atoms with Crippen LogP contribution in [0, 0.1) is 19.8 Å². The molecular weight excluding hydrogens is 330 g/mol. The van der Waals surface area contributed by atoms with Crippen molar-refractivity contribution in [3.63, 3.8) is 0 Å². The van der Waals surface area contributed by atoms with Crippen molar-refractivity contribution in [2.75, 3.05) is 16.8 Å². The van der Waals surface area contributed by atoms with Gasteiger partial charge in [0.2, 0.25) is 11.8 Å². The highest BCUT2D eigenvalue weighted by atomic mass is 16.2. The minimum absolute atomic E-state index is 0.0831. The first-order valence-corrected chi connectivity index (χ1v) is 8.44. The molecule has 0 saturated carbocycles. The van der Waals surface area contributed by atoms with Crippen LogP contribution in [-0.4, -0.2) is 24.3 Å². The highest BCUT2D eigenvalue weighted by Gasteiger charge is 2.35. The van der Waals surface area contributed by atoms with Crippen LogP contribution in [0.3, 0.4) is 0 Å². The SMILES string of the molecule is Cc1ccc(N2CC(C(=O)Nc3ccccc3C(N)=O)CC2=O)c(C)c1. The normalized spacial score (nSPS) is 16.6. The van der Waals surface area contributed by atoms with E-state index in [-0.39, 0.29) is 23.8 Å². The van der Waals surface area contributed by atoms with E-state index in [2.05, 4.69) is 5.32 Å². The van der Waals surface area contributed by atoms with Crippen molar-refractivity contribution in [1.29, 1.82) is 0 Å². The largest absolute Gasteiger partial charge is 0.366 e. The molecule has 0 aromatic heterocycles. The summed E-state index contributed by atoms with van der Waals surface area (Å²) in [6.45, 7) is 4.26. The van der Waals surface area contributed by atoms with Gasteiger partial charge in [0.25, 0.3) is 5.91 Å². The molecule has 6 nitrogen and oxygen atoms in total. The highest BCUT2D eigenvalue weighted by Crippen LogP contribution is 2.29. The van der Waals surface area contributed by atoms with Crippen LogP contribution in [0.4, 0.5) is 11.4 Å². The van der Waals surface area contributed by atoms with Gasteiger partial charge in [0, 0.05) is 18.7 Å². The Balaban J connectivity index is 1.76. The number of hydrogen-bond acceptors (Lipinski definition) is 3. The number of rotatable bonds is 4. The second-order valence-corrected chi connectivity index (χ2v) is 6.59. The van der Waals surface area contributed by atoms with E-state index in [1.54, 1.807) is 29.2 Å². The number of nitrogens with zero attached hydrogens (tertiary/aromatic N) is 1. The Morgan fingerprint density at radius 3 is 2.58 bits per heavy atom. The number of primary amides is 1. The number of para-hydroxylation sites is 1. The molecule has 3 rings (SSSR count). The molecule has 0 bridgehead atoms. The first-order valence-electron chi connectivity index (χ1n) is 8.44.